The highest BCUT2D eigenvalue weighted by atomic mass is 15.2. The number of rotatable bonds is 8. The average Bonchev–Trinajstić information content (AvgIpc) is 3.93. The van der Waals surface area contributed by atoms with E-state index < -0.39 is 0 Å². The highest BCUT2D eigenvalue weighted by Gasteiger charge is 2.22. The number of benzene rings is 9. The molecular weight excluding hydrogens is 829 g/mol. The van der Waals surface area contributed by atoms with Crippen LogP contribution in [0.15, 0.2) is 243 Å². The predicted octanol–water partition coefficient (Wildman–Crippen LogP) is 15.5. The Balaban J connectivity index is 1.00. The molecule has 0 saturated carbocycles. The summed E-state index contributed by atoms with van der Waals surface area (Å²) in [6, 6.07) is 85.2. The highest BCUT2D eigenvalue weighted by molar-refractivity contribution is 6.19. The molecule has 4 heterocycles. The van der Waals surface area contributed by atoms with Crippen molar-refractivity contribution in [2.45, 2.75) is 0 Å². The van der Waals surface area contributed by atoms with Gasteiger partial charge in [0.25, 0.3) is 0 Å². The molecule has 6 heteroatoms. The van der Waals surface area contributed by atoms with Crippen molar-refractivity contribution in [1.29, 1.82) is 0 Å². The molecular formula is C62H40N6. The molecule has 0 amide bonds. The summed E-state index contributed by atoms with van der Waals surface area (Å²) in [5, 5.41) is 4.52. The molecule has 0 aliphatic heterocycles. The molecule has 0 spiro atoms. The molecule has 6 nitrogen and oxygen atoms in total. The van der Waals surface area contributed by atoms with Crippen LogP contribution in [-0.2, 0) is 0 Å². The van der Waals surface area contributed by atoms with Crippen LogP contribution in [0.5, 0.6) is 0 Å². The van der Waals surface area contributed by atoms with E-state index >= 15 is 0 Å². The van der Waals surface area contributed by atoms with E-state index in [0.717, 1.165) is 105 Å². The first-order valence-electron chi connectivity index (χ1n) is 22.9. The normalized spacial score (nSPS) is 11.5. The van der Waals surface area contributed by atoms with Gasteiger partial charge in [-0.2, -0.15) is 9.97 Å². The summed E-state index contributed by atoms with van der Waals surface area (Å²) < 4.78 is 4.62. The summed E-state index contributed by atoms with van der Waals surface area (Å²) in [6.07, 6.45) is 0. The number of hydrogen-bond acceptors (Lipinski definition) is 4. The largest absolute Gasteiger partial charge is 0.309 e. The van der Waals surface area contributed by atoms with Crippen LogP contribution in [0.3, 0.4) is 0 Å². The van der Waals surface area contributed by atoms with Crippen molar-refractivity contribution < 1.29 is 0 Å². The van der Waals surface area contributed by atoms with Gasteiger partial charge in [0, 0.05) is 49.5 Å². The number of pyridine rings is 1. The standard InChI is InChI=1S/C62H40N6/c1-5-18-41(19-6-1)42-32-34-46(35-33-42)61-64-60(45-24-11-4-12-25-45)65-62(66-61)68-57-31-16-14-29-51(57)53-39-58-52(40-59(53)68)50-28-13-15-30-56(50)67(58)49-27-17-26-47(36-49)48-37-54(43-20-7-2-8-21-43)63-55(38-48)44-22-9-3-10-23-44/h1-40H. The minimum Gasteiger partial charge on any atom is -0.309 e. The lowest BCUT2D eigenvalue weighted by molar-refractivity contribution is 0.954. The molecule has 0 radical (unpaired) electrons. The fraction of sp³-hybridized carbons (Fsp3) is 0. The first-order valence-corrected chi connectivity index (χ1v) is 22.9. The number of fused-ring (bicyclic) bond motifs is 6. The van der Waals surface area contributed by atoms with E-state index in [4.69, 9.17) is 19.9 Å². The van der Waals surface area contributed by atoms with Gasteiger partial charge in [0.15, 0.2) is 11.6 Å². The minimum atomic E-state index is 0.560. The Hall–Kier alpha value is -9.26. The van der Waals surface area contributed by atoms with Crippen molar-refractivity contribution in [3.8, 4) is 79.2 Å². The third-order valence-corrected chi connectivity index (χ3v) is 13.0. The zero-order valence-electron chi connectivity index (χ0n) is 36.8. The molecule has 13 rings (SSSR count). The summed E-state index contributed by atoms with van der Waals surface area (Å²) in [5.74, 6) is 1.78. The van der Waals surface area contributed by atoms with Gasteiger partial charge in [-0.1, -0.05) is 194 Å². The van der Waals surface area contributed by atoms with Crippen molar-refractivity contribution in [2.75, 3.05) is 0 Å². The van der Waals surface area contributed by atoms with Crippen LogP contribution in [0.25, 0.3) is 123 Å². The van der Waals surface area contributed by atoms with Crippen LogP contribution in [0, 0.1) is 0 Å². The first kappa shape index (κ1) is 39.1. The van der Waals surface area contributed by atoms with Crippen molar-refractivity contribution >= 4 is 43.6 Å². The summed E-state index contributed by atoms with van der Waals surface area (Å²) in [6.45, 7) is 0. The van der Waals surface area contributed by atoms with Crippen molar-refractivity contribution in [3.63, 3.8) is 0 Å². The van der Waals surface area contributed by atoms with E-state index in [-0.39, 0.29) is 0 Å². The predicted molar refractivity (Wildman–Crippen MR) is 279 cm³/mol. The Bertz CT molecular complexity index is 3930. The van der Waals surface area contributed by atoms with Crippen molar-refractivity contribution in [2.24, 2.45) is 0 Å². The zero-order chi connectivity index (χ0) is 45.0. The molecule has 0 aliphatic rings. The molecule has 0 unspecified atom stereocenters. The highest BCUT2D eigenvalue weighted by Crippen LogP contribution is 2.41. The fourth-order valence-corrected chi connectivity index (χ4v) is 9.71. The Labute approximate surface area is 392 Å². The Morgan fingerprint density at radius 3 is 1.24 bits per heavy atom. The maximum absolute atomic E-state index is 5.29. The first-order chi connectivity index (χ1) is 33.7. The number of aromatic nitrogens is 6. The Morgan fingerprint density at radius 1 is 0.235 bits per heavy atom. The Morgan fingerprint density at radius 2 is 0.662 bits per heavy atom. The average molecular weight is 869 g/mol. The van der Waals surface area contributed by atoms with E-state index in [9.17, 15) is 0 Å². The maximum atomic E-state index is 5.29. The van der Waals surface area contributed by atoms with Gasteiger partial charge >= 0.3 is 0 Å². The van der Waals surface area contributed by atoms with Gasteiger partial charge in [0.2, 0.25) is 5.95 Å². The summed E-state index contributed by atoms with van der Waals surface area (Å²) in [7, 11) is 0. The lowest BCUT2D eigenvalue weighted by Crippen LogP contribution is -2.06. The minimum absolute atomic E-state index is 0.560. The van der Waals surface area contributed by atoms with Crippen LogP contribution < -0.4 is 0 Å². The molecule has 0 aliphatic carbocycles. The van der Waals surface area contributed by atoms with Crippen LogP contribution in [0.4, 0.5) is 0 Å². The SMILES string of the molecule is c1ccc(-c2ccc(-c3nc(-c4ccccc4)nc(-n4c5ccccc5c5cc6c(cc54)c4ccccc4n6-c4cccc(-c5cc(-c6ccccc6)nc(-c6ccccc6)c5)c4)n3)cc2)cc1. The van der Waals surface area contributed by atoms with E-state index in [1.807, 2.05) is 36.4 Å². The van der Waals surface area contributed by atoms with Gasteiger partial charge < -0.3 is 4.57 Å². The summed E-state index contributed by atoms with van der Waals surface area (Å²) >= 11 is 0. The number of hydrogen-bond donors (Lipinski definition) is 0. The molecule has 0 atom stereocenters. The van der Waals surface area contributed by atoms with Crippen LogP contribution in [0.1, 0.15) is 0 Å². The molecule has 4 aromatic heterocycles. The second kappa shape index (κ2) is 16.3. The van der Waals surface area contributed by atoms with Crippen LogP contribution in [-0.4, -0.2) is 29.1 Å². The lowest BCUT2D eigenvalue weighted by atomic mass is 9.99. The van der Waals surface area contributed by atoms with E-state index in [2.05, 4.69) is 215 Å². The molecule has 318 valence electrons. The van der Waals surface area contributed by atoms with E-state index in [0.29, 0.717) is 17.6 Å². The van der Waals surface area contributed by atoms with Crippen molar-refractivity contribution in [1.82, 2.24) is 29.1 Å². The maximum Gasteiger partial charge on any atom is 0.238 e. The molecule has 9 aromatic carbocycles. The fourth-order valence-electron chi connectivity index (χ4n) is 9.71. The number of nitrogens with zero attached hydrogens (tertiary/aromatic N) is 6. The van der Waals surface area contributed by atoms with Gasteiger partial charge in [0.05, 0.1) is 33.5 Å². The van der Waals surface area contributed by atoms with Crippen LogP contribution >= 0.6 is 0 Å². The number of para-hydroxylation sites is 2. The third-order valence-electron chi connectivity index (χ3n) is 13.0. The zero-order valence-corrected chi connectivity index (χ0v) is 36.8. The van der Waals surface area contributed by atoms with Gasteiger partial charge in [0.1, 0.15) is 0 Å². The van der Waals surface area contributed by atoms with Crippen molar-refractivity contribution in [3.05, 3.63) is 243 Å². The lowest BCUT2D eigenvalue weighted by Gasteiger charge is -2.13. The molecule has 0 fully saturated rings. The summed E-state index contributed by atoms with van der Waals surface area (Å²) in [5.41, 5.74) is 15.7. The molecule has 13 aromatic rings. The van der Waals surface area contributed by atoms with Crippen LogP contribution in [0.2, 0.25) is 0 Å². The van der Waals surface area contributed by atoms with E-state index in [1.54, 1.807) is 0 Å². The van der Waals surface area contributed by atoms with E-state index in [1.165, 1.54) is 0 Å². The second-order valence-corrected chi connectivity index (χ2v) is 17.1. The summed E-state index contributed by atoms with van der Waals surface area (Å²) in [4.78, 5) is 20.8. The molecule has 0 saturated heterocycles. The van der Waals surface area contributed by atoms with Gasteiger partial charge in [-0.05, 0) is 70.8 Å². The smallest absolute Gasteiger partial charge is 0.238 e. The van der Waals surface area contributed by atoms with Gasteiger partial charge in [-0.25, -0.2) is 9.97 Å². The topological polar surface area (TPSA) is 61.4 Å². The quantitative estimate of drug-likeness (QED) is 0.153. The monoisotopic (exact) mass is 868 g/mol. The molecule has 68 heavy (non-hydrogen) atoms. The second-order valence-electron chi connectivity index (χ2n) is 17.1. The van der Waals surface area contributed by atoms with Gasteiger partial charge in [-0.3, -0.25) is 4.57 Å². The third kappa shape index (κ3) is 6.82. The Kier molecular flexibility index (Phi) is 9.39. The van der Waals surface area contributed by atoms with Gasteiger partial charge in [-0.15, -0.1) is 0 Å². The molecule has 0 N–H and O–H groups in total. The molecule has 0 bridgehead atoms.